The molecule has 0 spiro atoms. The number of hydrogen-bond acceptors (Lipinski definition) is 4. The van der Waals surface area contributed by atoms with Crippen LogP contribution in [0.4, 0.5) is 0 Å². The SMILES string of the molecule is C#Cc1cc(-c2ccc(-c3ccc(-c4cc(C#C)c(C#CCCCCC)s4)s3)s2)sc1C#C. The third-order valence-electron chi connectivity index (χ3n) is 4.95. The van der Waals surface area contributed by atoms with Gasteiger partial charge in [0.1, 0.15) is 0 Å². The molecule has 4 aromatic heterocycles. The highest BCUT2D eigenvalue weighted by Crippen LogP contribution is 2.43. The van der Waals surface area contributed by atoms with Gasteiger partial charge in [-0.3, -0.25) is 0 Å². The molecule has 0 atom stereocenters. The van der Waals surface area contributed by atoms with Crippen LogP contribution in [-0.4, -0.2) is 0 Å². The molecule has 0 aliphatic heterocycles. The minimum absolute atomic E-state index is 0.789. The number of unbranched alkanes of at least 4 members (excludes halogenated alkanes) is 3. The van der Waals surface area contributed by atoms with Crippen LogP contribution in [0.1, 0.15) is 53.5 Å². The van der Waals surface area contributed by atoms with Gasteiger partial charge < -0.3 is 0 Å². The van der Waals surface area contributed by atoms with Gasteiger partial charge in [0.2, 0.25) is 0 Å². The summed E-state index contributed by atoms with van der Waals surface area (Å²) >= 11 is 6.78. The van der Waals surface area contributed by atoms with E-state index in [0.29, 0.717) is 0 Å². The largest absolute Gasteiger partial charge is 0.134 e. The Bertz CT molecular complexity index is 1430. The molecule has 4 heterocycles. The average molecular weight is 497 g/mol. The molecule has 0 saturated heterocycles. The summed E-state index contributed by atoms with van der Waals surface area (Å²) in [5.74, 6) is 14.8. The van der Waals surface area contributed by atoms with Crippen LogP contribution in [0.25, 0.3) is 29.3 Å². The summed E-state index contributed by atoms with van der Waals surface area (Å²) in [5, 5.41) is 0. The molecule has 4 heteroatoms. The first kappa shape index (κ1) is 23.2. The lowest BCUT2D eigenvalue weighted by Crippen LogP contribution is -1.74. The van der Waals surface area contributed by atoms with Crippen molar-refractivity contribution in [2.45, 2.75) is 32.6 Å². The minimum Gasteiger partial charge on any atom is -0.134 e. The molecule has 0 aliphatic rings. The van der Waals surface area contributed by atoms with Crippen molar-refractivity contribution in [2.75, 3.05) is 0 Å². The molecule has 0 aliphatic carbocycles. The maximum atomic E-state index is 5.75. The molecule has 160 valence electrons. The van der Waals surface area contributed by atoms with E-state index in [9.17, 15) is 0 Å². The van der Waals surface area contributed by atoms with E-state index in [0.717, 1.165) is 38.6 Å². The minimum atomic E-state index is 0.789. The fraction of sp³-hybridized carbons (Fsp3) is 0.172. The molecule has 0 fully saturated rings. The zero-order chi connectivity index (χ0) is 23.2. The van der Waals surface area contributed by atoms with Gasteiger partial charge in [0.05, 0.1) is 20.9 Å². The van der Waals surface area contributed by atoms with E-state index in [4.69, 9.17) is 19.3 Å². The van der Waals surface area contributed by atoms with Gasteiger partial charge >= 0.3 is 0 Å². The molecule has 0 nitrogen and oxygen atoms in total. The Morgan fingerprint density at radius 2 is 1.15 bits per heavy atom. The molecule has 0 saturated carbocycles. The zero-order valence-corrected chi connectivity index (χ0v) is 21.4. The van der Waals surface area contributed by atoms with E-state index in [1.807, 2.05) is 6.07 Å². The summed E-state index contributed by atoms with van der Waals surface area (Å²) in [6, 6.07) is 12.7. The molecule has 0 N–H and O–H groups in total. The van der Waals surface area contributed by atoms with Gasteiger partial charge in [0.25, 0.3) is 0 Å². The maximum absolute atomic E-state index is 5.75. The quantitative estimate of drug-likeness (QED) is 0.185. The van der Waals surface area contributed by atoms with Crippen LogP contribution in [0.3, 0.4) is 0 Å². The Balaban J connectivity index is 1.56. The summed E-state index contributed by atoms with van der Waals surface area (Å²) < 4.78 is 0. The Labute approximate surface area is 212 Å². The van der Waals surface area contributed by atoms with Crippen LogP contribution in [0.15, 0.2) is 36.4 Å². The third-order valence-corrected chi connectivity index (χ3v) is 9.83. The van der Waals surface area contributed by atoms with Crippen LogP contribution in [0.2, 0.25) is 0 Å². The van der Waals surface area contributed by atoms with E-state index >= 15 is 0 Å². The molecule has 0 bridgehead atoms. The Kier molecular flexibility index (Phi) is 7.57. The molecule has 0 unspecified atom stereocenters. The van der Waals surface area contributed by atoms with E-state index in [2.05, 4.69) is 66.9 Å². The van der Waals surface area contributed by atoms with Crippen molar-refractivity contribution in [3.05, 3.63) is 57.3 Å². The van der Waals surface area contributed by atoms with Crippen LogP contribution in [0, 0.1) is 48.9 Å². The zero-order valence-electron chi connectivity index (χ0n) is 18.2. The van der Waals surface area contributed by atoms with Crippen molar-refractivity contribution < 1.29 is 0 Å². The van der Waals surface area contributed by atoms with Crippen molar-refractivity contribution in [1.29, 1.82) is 0 Å². The topological polar surface area (TPSA) is 0 Å². The molecule has 0 radical (unpaired) electrons. The van der Waals surface area contributed by atoms with Crippen molar-refractivity contribution in [2.24, 2.45) is 0 Å². The lowest BCUT2D eigenvalue weighted by Gasteiger charge is -1.91. The van der Waals surface area contributed by atoms with Gasteiger partial charge in [-0.05, 0) is 42.8 Å². The Morgan fingerprint density at radius 1 is 0.636 bits per heavy atom. The second-order valence-electron chi connectivity index (χ2n) is 7.23. The molecular weight excluding hydrogens is 477 g/mol. The molecule has 0 aromatic carbocycles. The van der Waals surface area contributed by atoms with Gasteiger partial charge in [0, 0.05) is 35.7 Å². The second-order valence-corrected chi connectivity index (χ2v) is 11.5. The highest BCUT2D eigenvalue weighted by Gasteiger charge is 2.14. The van der Waals surface area contributed by atoms with Crippen molar-refractivity contribution in [3.8, 4) is 78.1 Å². The first-order valence-electron chi connectivity index (χ1n) is 10.5. The predicted molar refractivity (Wildman–Crippen MR) is 149 cm³/mol. The lowest BCUT2D eigenvalue weighted by atomic mass is 10.2. The Morgan fingerprint density at radius 3 is 1.64 bits per heavy atom. The number of rotatable bonds is 6. The van der Waals surface area contributed by atoms with Crippen LogP contribution in [0.5, 0.6) is 0 Å². The molecule has 4 rings (SSSR count). The first-order chi connectivity index (χ1) is 16.2. The highest BCUT2D eigenvalue weighted by molar-refractivity contribution is 7.28. The normalized spacial score (nSPS) is 10.1. The van der Waals surface area contributed by atoms with E-state index in [1.54, 1.807) is 45.3 Å². The van der Waals surface area contributed by atoms with Crippen LogP contribution in [-0.2, 0) is 0 Å². The van der Waals surface area contributed by atoms with Gasteiger partial charge in [0.15, 0.2) is 0 Å². The first-order valence-corrected chi connectivity index (χ1v) is 13.8. The van der Waals surface area contributed by atoms with Gasteiger partial charge in [-0.25, -0.2) is 0 Å². The number of terminal acetylenes is 3. The number of thiophene rings is 4. The molecular formula is C29H20S4. The fourth-order valence-electron chi connectivity index (χ4n) is 3.25. The highest BCUT2D eigenvalue weighted by atomic mass is 32.1. The third kappa shape index (κ3) is 5.18. The van der Waals surface area contributed by atoms with E-state index in [-0.39, 0.29) is 0 Å². The van der Waals surface area contributed by atoms with Crippen molar-refractivity contribution in [3.63, 3.8) is 0 Å². The number of hydrogen-bond donors (Lipinski definition) is 0. The summed E-state index contributed by atoms with van der Waals surface area (Å²) in [4.78, 5) is 8.93. The van der Waals surface area contributed by atoms with Crippen molar-refractivity contribution >= 4 is 45.3 Å². The predicted octanol–water partition coefficient (Wildman–Crippen LogP) is 8.81. The average Bonchev–Trinajstić information content (AvgIpc) is 3.62. The van der Waals surface area contributed by atoms with E-state index < -0.39 is 0 Å². The van der Waals surface area contributed by atoms with Crippen molar-refractivity contribution in [1.82, 2.24) is 0 Å². The maximum Gasteiger partial charge on any atom is 0.0931 e. The summed E-state index contributed by atoms with van der Waals surface area (Å²) in [7, 11) is 0. The summed E-state index contributed by atoms with van der Waals surface area (Å²) in [6.45, 7) is 2.20. The van der Waals surface area contributed by atoms with Gasteiger partial charge in [-0.1, -0.05) is 49.4 Å². The van der Waals surface area contributed by atoms with Crippen LogP contribution >= 0.6 is 45.3 Å². The Hall–Kier alpha value is -2.96. The smallest absolute Gasteiger partial charge is 0.0931 e. The van der Waals surface area contributed by atoms with Gasteiger partial charge in [-0.15, -0.1) is 64.6 Å². The van der Waals surface area contributed by atoms with Gasteiger partial charge in [-0.2, -0.15) is 0 Å². The van der Waals surface area contributed by atoms with Crippen LogP contribution < -0.4 is 0 Å². The summed E-state index contributed by atoms with van der Waals surface area (Å²) in [6.07, 6.45) is 21.4. The van der Waals surface area contributed by atoms with E-state index in [1.165, 1.54) is 37.2 Å². The standard InChI is InChI=1S/C29H20S4/c1-5-9-10-11-12-13-23-21(7-3)19-29(31-23)27-17-15-25(33-27)24-14-16-26(32-24)28-18-20(6-2)22(8-4)30-28/h2-4,14-19H,5,9-11H2,1H3. The monoisotopic (exact) mass is 496 g/mol. The molecule has 0 amide bonds. The summed E-state index contributed by atoms with van der Waals surface area (Å²) in [5.41, 5.74) is 1.68. The lowest BCUT2D eigenvalue weighted by molar-refractivity contribution is 0.737. The molecule has 33 heavy (non-hydrogen) atoms. The fourth-order valence-corrected chi connectivity index (χ4v) is 7.44. The second kappa shape index (κ2) is 10.8. The molecule has 4 aromatic rings.